The molecule has 2 rings (SSSR count). The number of halogens is 3. The van der Waals surface area contributed by atoms with Crippen LogP contribution in [0.25, 0.3) is 0 Å². The van der Waals surface area contributed by atoms with Gasteiger partial charge in [-0.3, -0.25) is 0 Å². The molecule has 0 aliphatic rings. The summed E-state index contributed by atoms with van der Waals surface area (Å²) < 4.78 is 53.2. The van der Waals surface area contributed by atoms with Crippen molar-refractivity contribution < 1.29 is 17.2 Å². The van der Waals surface area contributed by atoms with Gasteiger partial charge in [0.2, 0.25) is 10.0 Å². The lowest BCUT2D eigenvalue weighted by atomic mass is 10.3. The number of sulfonamides is 1. The first-order valence-electron chi connectivity index (χ1n) is 5.06. The third-order valence-electron chi connectivity index (χ3n) is 2.24. The van der Waals surface area contributed by atoms with Crippen LogP contribution in [0.2, 0.25) is 0 Å². The Morgan fingerprint density at radius 1 is 1.26 bits per heavy atom. The maximum Gasteiger partial charge on any atom is 0.243 e. The number of hydrogen-bond acceptors (Lipinski definition) is 3. The van der Waals surface area contributed by atoms with E-state index in [-0.39, 0.29) is 6.54 Å². The largest absolute Gasteiger partial charge is 0.243 e. The van der Waals surface area contributed by atoms with Crippen LogP contribution >= 0.6 is 27.3 Å². The van der Waals surface area contributed by atoms with E-state index in [0.29, 0.717) is 6.07 Å². The van der Waals surface area contributed by atoms with Crippen LogP contribution in [0.3, 0.4) is 0 Å². The monoisotopic (exact) mass is 367 g/mol. The van der Waals surface area contributed by atoms with E-state index in [1.807, 2.05) is 0 Å². The van der Waals surface area contributed by atoms with Crippen LogP contribution in [0.15, 0.2) is 39.0 Å². The SMILES string of the molecule is O=S(=O)(NCc1cc(Br)cs1)c1cc(F)ccc1F. The molecule has 1 aromatic heterocycles. The molecule has 0 saturated heterocycles. The molecule has 0 amide bonds. The average molecular weight is 368 g/mol. The molecule has 0 unspecified atom stereocenters. The van der Waals surface area contributed by atoms with Gasteiger partial charge in [0.15, 0.2) is 0 Å². The molecule has 8 heteroatoms. The Morgan fingerprint density at radius 2 is 2.00 bits per heavy atom. The maximum atomic E-state index is 13.4. The Labute approximate surface area is 121 Å². The molecule has 3 nitrogen and oxygen atoms in total. The highest BCUT2D eigenvalue weighted by Gasteiger charge is 2.19. The van der Waals surface area contributed by atoms with E-state index in [4.69, 9.17) is 0 Å². The number of hydrogen-bond donors (Lipinski definition) is 1. The van der Waals surface area contributed by atoms with E-state index in [0.717, 1.165) is 21.5 Å². The van der Waals surface area contributed by atoms with E-state index < -0.39 is 26.6 Å². The molecule has 1 N–H and O–H groups in total. The first-order valence-corrected chi connectivity index (χ1v) is 8.22. The highest BCUT2D eigenvalue weighted by atomic mass is 79.9. The van der Waals surface area contributed by atoms with Crippen LogP contribution in [-0.2, 0) is 16.6 Å². The van der Waals surface area contributed by atoms with Gasteiger partial charge in [0.25, 0.3) is 0 Å². The molecule has 102 valence electrons. The van der Waals surface area contributed by atoms with Gasteiger partial charge in [0.1, 0.15) is 16.5 Å². The van der Waals surface area contributed by atoms with Crippen LogP contribution in [0.5, 0.6) is 0 Å². The molecule has 0 aliphatic carbocycles. The smallest absolute Gasteiger partial charge is 0.207 e. The topological polar surface area (TPSA) is 46.2 Å². The minimum absolute atomic E-state index is 0.0224. The molecule has 0 atom stereocenters. The second-order valence-corrected chi connectivity index (χ2v) is 7.28. The standard InChI is InChI=1S/C11H8BrF2NO2S2/c12-7-3-9(18-6-7)5-15-19(16,17)11-4-8(13)1-2-10(11)14/h1-4,6,15H,5H2. The van der Waals surface area contributed by atoms with Crippen molar-refractivity contribution in [1.29, 1.82) is 0 Å². The van der Waals surface area contributed by atoms with Gasteiger partial charge in [-0.1, -0.05) is 0 Å². The Balaban J connectivity index is 2.20. The highest BCUT2D eigenvalue weighted by Crippen LogP contribution is 2.21. The molecule has 1 heterocycles. The fraction of sp³-hybridized carbons (Fsp3) is 0.0909. The summed E-state index contributed by atoms with van der Waals surface area (Å²) in [5.41, 5.74) is 0. The fourth-order valence-corrected chi connectivity index (χ4v) is 3.95. The third kappa shape index (κ3) is 3.59. The van der Waals surface area contributed by atoms with Gasteiger partial charge in [-0.25, -0.2) is 21.9 Å². The first-order chi connectivity index (χ1) is 8.88. The molecule has 19 heavy (non-hydrogen) atoms. The zero-order valence-corrected chi connectivity index (χ0v) is 12.6. The highest BCUT2D eigenvalue weighted by molar-refractivity contribution is 9.10. The van der Waals surface area contributed by atoms with Gasteiger partial charge >= 0.3 is 0 Å². The minimum Gasteiger partial charge on any atom is -0.207 e. The number of thiophene rings is 1. The fourth-order valence-electron chi connectivity index (χ4n) is 1.37. The van der Waals surface area contributed by atoms with Crippen molar-refractivity contribution in [2.75, 3.05) is 0 Å². The molecule has 0 spiro atoms. The molecule has 2 aromatic rings. The van der Waals surface area contributed by atoms with Crippen molar-refractivity contribution in [2.45, 2.75) is 11.4 Å². The van der Waals surface area contributed by atoms with Crippen molar-refractivity contribution in [2.24, 2.45) is 0 Å². The number of rotatable bonds is 4. The summed E-state index contributed by atoms with van der Waals surface area (Å²) in [5.74, 6) is -1.79. The van der Waals surface area contributed by atoms with E-state index >= 15 is 0 Å². The van der Waals surface area contributed by atoms with Crippen LogP contribution in [0.1, 0.15) is 4.88 Å². The summed E-state index contributed by atoms with van der Waals surface area (Å²) >= 11 is 4.59. The third-order valence-corrected chi connectivity index (χ3v) is 5.35. The molecule has 1 aromatic carbocycles. The van der Waals surface area contributed by atoms with Gasteiger partial charge in [-0.2, -0.15) is 0 Å². The summed E-state index contributed by atoms with van der Waals surface area (Å²) in [7, 11) is -4.08. The van der Waals surface area contributed by atoms with Gasteiger partial charge < -0.3 is 0 Å². The normalized spacial score (nSPS) is 11.7. The van der Waals surface area contributed by atoms with E-state index in [2.05, 4.69) is 20.7 Å². The van der Waals surface area contributed by atoms with Crippen molar-refractivity contribution in [3.05, 3.63) is 50.6 Å². The van der Waals surface area contributed by atoms with Crippen molar-refractivity contribution in [3.63, 3.8) is 0 Å². The van der Waals surface area contributed by atoms with E-state index in [9.17, 15) is 17.2 Å². The molecule has 0 saturated carbocycles. The Morgan fingerprint density at radius 3 is 2.63 bits per heavy atom. The van der Waals surface area contributed by atoms with Gasteiger partial charge in [-0.15, -0.1) is 11.3 Å². The molecule has 0 aliphatic heterocycles. The van der Waals surface area contributed by atoms with Crippen molar-refractivity contribution >= 4 is 37.3 Å². The van der Waals surface area contributed by atoms with Gasteiger partial charge in [0, 0.05) is 21.3 Å². The predicted molar refractivity (Wildman–Crippen MR) is 72.4 cm³/mol. The van der Waals surface area contributed by atoms with E-state index in [1.165, 1.54) is 11.3 Å². The summed E-state index contributed by atoms with van der Waals surface area (Å²) in [5, 5.41) is 1.80. The van der Waals surface area contributed by atoms with Crippen LogP contribution in [0.4, 0.5) is 8.78 Å². The zero-order valence-electron chi connectivity index (χ0n) is 9.36. The molecule has 0 bridgehead atoms. The second kappa shape index (κ2) is 5.66. The van der Waals surface area contributed by atoms with Crippen LogP contribution < -0.4 is 4.72 Å². The van der Waals surface area contributed by atoms with Crippen molar-refractivity contribution in [1.82, 2.24) is 4.72 Å². The second-order valence-electron chi connectivity index (χ2n) is 3.63. The summed E-state index contributed by atoms with van der Waals surface area (Å²) in [4.78, 5) is 0.0652. The quantitative estimate of drug-likeness (QED) is 0.901. The lowest BCUT2D eigenvalue weighted by Gasteiger charge is -2.06. The number of nitrogens with one attached hydrogen (secondary N) is 1. The average Bonchev–Trinajstić information content (AvgIpc) is 2.76. The first kappa shape index (κ1) is 14.6. The van der Waals surface area contributed by atoms with Gasteiger partial charge in [-0.05, 0) is 40.2 Å². The minimum atomic E-state index is -4.08. The lowest BCUT2D eigenvalue weighted by Crippen LogP contribution is -2.24. The van der Waals surface area contributed by atoms with E-state index in [1.54, 1.807) is 11.4 Å². The maximum absolute atomic E-state index is 13.4. The molecule has 0 fully saturated rings. The van der Waals surface area contributed by atoms with Crippen LogP contribution in [-0.4, -0.2) is 8.42 Å². The Bertz CT molecular complexity index is 700. The zero-order chi connectivity index (χ0) is 14.0. The van der Waals surface area contributed by atoms with Crippen molar-refractivity contribution in [3.8, 4) is 0 Å². The summed E-state index contributed by atoms with van der Waals surface area (Å²) in [6.07, 6.45) is 0. The lowest BCUT2D eigenvalue weighted by molar-refractivity contribution is 0.546. The Hall–Kier alpha value is -0.830. The van der Waals surface area contributed by atoms with Gasteiger partial charge in [0.05, 0.1) is 0 Å². The molecular formula is C11H8BrF2NO2S2. The summed E-state index contributed by atoms with van der Waals surface area (Å²) in [6.45, 7) is 0.0224. The number of benzene rings is 1. The molecular weight excluding hydrogens is 360 g/mol. The summed E-state index contributed by atoms with van der Waals surface area (Å²) in [6, 6.07) is 4.05. The molecule has 0 radical (unpaired) electrons. The van der Waals surface area contributed by atoms with Crippen LogP contribution in [0, 0.1) is 11.6 Å². The predicted octanol–water partition coefficient (Wildman–Crippen LogP) is 3.27. The Kier molecular flexibility index (Phi) is 4.34.